The summed E-state index contributed by atoms with van der Waals surface area (Å²) < 4.78 is 3.77. The first-order valence-electron chi connectivity index (χ1n) is 14.7. The molecule has 8 aromatic rings. The van der Waals surface area contributed by atoms with Crippen molar-refractivity contribution in [2.24, 2.45) is 0 Å². The fourth-order valence-corrected chi connectivity index (χ4v) is 9.46. The molecule has 2 aliphatic rings. The van der Waals surface area contributed by atoms with Gasteiger partial charge in [0.25, 0.3) is 0 Å². The minimum Gasteiger partial charge on any atom is -0.135 e. The van der Waals surface area contributed by atoms with E-state index in [9.17, 15) is 0 Å². The Bertz CT molecular complexity index is 2430. The van der Waals surface area contributed by atoms with Crippen molar-refractivity contribution in [2.45, 2.75) is 5.41 Å². The highest BCUT2D eigenvalue weighted by Crippen LogP contribution is 2.64. The van der Waals surface area contributed by atoms with Crippen molar-refractivity contribution in [3.63, 3.8) is 0 Å². The quantitative estimate of drug-likeness (QED) is 0.170. The van der Waals surface area contributed by atoms with E-state index in [1.165, 1.54) is 86.6 Å². The van der Waals surface area contributed by atoms with Crippen molar-refractivity contribution in [3.05, 3.63) is 166 Å². The normalized spacial score (nSPS) is 13.9. The Labute approximate surface area is 262 Å². The van der Waals surface area contributed by atoms with Crippen molar-refractivity contribution in [3.8, 4) is 33.4 Å². The van der Waals surface area contributed by atoms with Crippen LogP contribution in [-0.2, 0) is 5.41 Å². The van der Waals surface area contributed by atoms with Crippen LogP contribution < -0.4 is 0 Å². The zero-order chi connectivity index (χ0) is 28.3. The van der Waals surface area contributed by atoms with E-state index in [0.29, 0.717) is 0 Å². The molecule has 0 radical (unpaired) electrons. The maximum absolute atomic E-state index is 3.69. The number of benzene rings is 7. The molecule has 0 N–H and O–H groups in total. The molecule has 1 aromatic heterocycles. The van der Waals surface area contributed by atoms with Gasteiger partial charge in [0.1, 0.15) is 0 Å². The van der Waals surface area contributed by atoms with Crippen LogP contribution in [0.25, 0.3) is 64.3 Å². The van der Waals surface area contributed by atoms with E-state index in [4.69, 9.17) is 0 Å². The highest BCUT2D eigenvalue weighted by atomic mass is 79.9. The smallest absolute Gasteiger partial charge is 0.0731 e. The second kappa shape index (κ2) is 8.54. The molecular formula is C41H23BrS. The van der Waals surface area contributed by atoms with Gasteiger partial charge in [-0.3, -0.25) is 0 Å². The van der Waals surface area contributed by atoms with Gasteiger partial charge in [-0.2, -0.15) is 0 Å². The lowest BCUT2D eigenvalue weighted by molar-refractivity contribution is 0.801. The van der Waals surface area contributed by atoms with E-state index in [-0.39, 0.29) is 5.41 Å². The number of fused-ring (bicyclic) bond motifs is 15. The van der Waals surface area contributed by atoms with Crippen LogP contribution in [-0.4, -0.2) is 0 Å². The Morgan fingerprint density at radius 3 is 1.88 bits per heavy atom. The van der Waals surface area contributed by atoms with E-state index in [0.717, 1.165) is 4.47 Å². The number of thiophene rings is 1. The maximum Gasteiger partial charge on any atom is 0.0731 e. The summed E-state index contributed by atoms with van der Waals surface area (Å²) in [7, 11) is 0. The van der Waals surface area contributed by atoms with Gasteiger partial charge >= 0.3 is 0 Å². The molecule has 1 heterocycles. The van der Waals surface area contributed by atoms with E-state index in [1.54, 1.807) is 0 Å². The maximum atomic E-state index is 3.69. The van der Waals surface area contributed by atoms with Gasteiger partial charge in [0.2, 0.25) is 0 Å². The van der Waals surface area contributed by atoms with E-state index >= 15 is 0 Å². The Kier molecular flexibility index (Phi) is 4.76. The Balaban J connectivity index is 1.29. The van der Waals surface area contributed by atoms with Crippen LogP contribution in [0.15, 0.2) is 144 Å². The Morgan fingerprint density at radius 1 is 0.442 bits per heavy atom. The van der Waals surface area contributed by atoms with Crippen molar-refractivity contribution in [1.82, 2.24) is 0 Å². The lowest BCUT2D eigenvalue weighted by Gasteiger charge is -2.31. The molecule has 0 aliphatic heterocycles. The van der Waals surface area contributed by atoms with E-state index in [1.807, 2.05) is 11.3 Å². The third kappa shape index (κ3) is 3.05. The molecular weight excluding hydrogens is 604 g/mol. The third-order valence-corrected chi connectivity index (χ3v) is 11.4. The molecule has 0 saturated heterocycles. The summed E-state index contributed by atoms with van der Waals surface area (Å²) in [6.07, 6.45) is 0. The zero-order valence-corrected chi connectivity index (χ0v) is 25.5. The molecule has 0 atom stereocenters. The molecule has 0 fully saturated rings. The first kappa shape index (κ1) is 24.0. The predicted octanol–water partition coefficient (Wildman–Crippen LogP) is 12.0. The van der Waals surface area contributed by atoms with Crippen LogP contribution in [0.4, 0.5) is 0 Å². The van der Waals surface area contributed by atoms with Crippen molar-refractivity contribution >= 4 is 58.2 Å². The summed E-state index contributed by atoms with van der Waals surface area (Å²) in [5.41, 5.74) is 13.1. The second-order valence-corrected chi connectivity index (χ2v) is 13.8. The minimum atomic E-state index is -0.350. The summed E-state index contributed by atoms with van der Waals surface area (Å²) >= 11 is 5.55. The van der Waals surface area contributed by atoms with Gasteiger partial charge in [-0.15, -0.1) is 11.3 Å². The predicted molar refractivity (Wildman–Crippen MR) is 186 cm³/mol. The molecule has 7 aromatic carbocycles. The summed E-state index contributed by atoms with van der Waals surface area (Å²) in [4.78, 5) is 0. The van der Waals surface area contributed by atoms with Gasteiger partial charge in [0.05, 0.1) is 5.41 Å². The molecule has 0 nitrogen and oxygen atoms in total. The molecule has 0 bridgehead atoms. The van der Waals surface area contributed by atoms with Gasteiger partial charge in [0, 0.05) is 24.6 Å². The number of rotatable bonds is 1. The van der Waals surface area contributed by atoms with Gasteiger partial charge in [-0.1, -0.05) is 119 Å². The molecule has 0 amide bonds. The fourth-order valence-electron chi connectivity index (χ4n) is 8.03. The standard InChI is InChI=1S/C41H23BrS/c42-27-16-20-39-34(23-27)33-22-26(15-19-38(33)43-39)25-14-18-37-32(21-25)31-17-13-24-7-1-2-8-28(24)40(31)41(37)35-11-5-3-9-29(35)30-10-4-6-12-36(30)41/h1-23H. The van der Waals surface area contributed by atoms with Gasteiger partial charge in [0.15, 0.2) is 0 Å². The number of hydrogen-bond donors (Lipinski definition) is 0. The SMILES string of the molecule is Brc1ccc2sc3ccc(-c4ccc5c(c4)-c4ccc6ccccc6c4C54c5ccccc5-c5ccccc54)cc3c2c1. The van der Waals surface area contributed by atoms with Gasteiger partial charge in [-0.25, -0.2) is 0 Å². The van der Waals surface area contributed by atoms with Crippen LogP contribution in [0.2, 0.25) is 0 Å². The monoisotopic (exact) mass is 626 g/mol. The molecule has 0 unspecified atom stereocenters. The van der Waals surface area contributed by atoms with E-state index < -0.39 is 0 Å². The average Bonchev–Trinajstić information content (AvgIpc) is 3.68. The van der Waals surface area contributed by atoms with Crippen LogP contribution in [0.1, 0.15) is 22.3 Å². The van der Waals surface area contributed by atoms with E-state index in [2.05, 4.69) is 155 Å². The molecule has 200 valence electrons. The molecule has 2 aliphatic carbocycles. The Hall–Kier alpha value is -4.50. The summed E-state index contributed by atoms with van der Waals surface area (Å²) in [6.45, 7) is 0. The topological polar surface area (TPSA) is 0 Å². The number of halogens is 1. The summed E-state index contributed by atoms with van der Waals surface area (Å²) in [5.74, 6) is 0. The zero-order valence-electron chi connectivity index (χ0n) is 23.1. The lowest BCUT2D eigenvalue weighted by Crippen LogP contribution is -2.26. The largest absolute Gasteiger partial charge is 0.135 e. The van der Waals surface area contributed by atoms with Crippen LogP contribution in [0.3, 0.4) is 0 Å². The molecule has 43 heavy (non-hydrogen) atoms. The highest BCUT2D eigenvalue weighted by Gasteiger charge is 2.52. The molecule has 0 saturated carbocycles. The van der Waals surface area contributed by atoms with Gasteiger partial charge < -0.3 is 0 Å². The number of hydrogen-bond acceptors (Lipinski definition) is 1. The summed E-state index contributed by atoms with van der Waals surface area (Å²) in [5, 5.41) is 5.26. The minimum absolute atomic E-state index is 0.350. The van der Waals surface area contributed by atoms with Crippen molar-refractivity contribution in [1.29, 1.82) is 0 Å². The fraction of sp³-hybridized carbons (Fsp3) is 0.0244. The highest BCUT2D eigenvalue weighted by molar-refractivity contribution is 9.10. The first-order valence-corrected chi connectivity index (χ1v) is 16.3. The second-order valence-electron chi connectivity index (χ2n) is 11.8. The average molecular weight is 628 g/mol. The van der Waals surface area contributed by atoms with Crippen LogP contribution >= 0.6 is 27.3 Å². The lowest BCUT2D eigenvalue weighted by atomic mass is 9.69. The molecule has 1 spiro atoms. The first-order chi connectivity index (χ1) is 21.2. The summed E-state index contributed by atoms with van der Waals surface area (Å²) in [6, 6.07) is 52.5. The van der Waals surface area contributed by atoms with Crippen LogP contribution in [0, 0.1) is 0 Å². The van der Waals surface area contributed by atoms with Crippen LogP contribution in [0.5, 0.6) is 0 Å². The van der Waals surface area contributed by atoms with Crippen molar-refractivity contribution < 1.29 is 0 Å². The van der Waals surface area contributed by atoms with Crippen molar-refractivity contribution in [2.75, 3.05) is 0 Å². The molecule has 2 heteroatoms. The van der Waals surface area contributed by atoms with Gasteiger partial charge in [-0.05, 0) is 103 Å². The molecule has 10 rings (SSSR count). The Morgan fingerprint density at radius 2 is 1.07 bits per heavy atom. The third-order valence-electron chi connectivity index (χ3n) is 9.73.